The molecule has 4 rings (SSSR count). The number of anilines is 2. The van der Waals surface area contributed by atoms with Crippen LogP contribution in [0.2, 0.25) is 0 Å². The number of rotatable bonds is 9. The summed E-state index contributed by atoms with van der Waals surface area (Å²) in [5, 5.41) is 11.6. The molecule has 3 aromatic rings. The summed E-state index contributed by atoms with van der Waals surface area (Å²) in [6, 6.07) is 12.3. The minimum Gasteiger partial charge on any atom is -0.497 e. The maximum Gasteiger partial charge on any atom is 0.255 e. The van der Waals surface area contributed by atoms with Gasteiger partial charge in [-0.2, -0.15) is 4.98 Å². The molecule has 2 N–H and O–H groups in total. The molecule has 1 atom stereocenters. The Morgan fingerprint density at radius 3 is 2.66 bits per heavy atom. The van der Waals surface area contributed by atoms with Crippen LogP contribution in [0.4, 0.5) is 11.6 Å². The summed E-state index contributed by atoms with van der Waals surface area (Å²) in [4.78, 5) is 18.4. The number of nitrogens with zero attached hydrogens (tertiary/aromatic N) is 3. The molecule has 35 heavy (non-hydrogen) atoms. The van der Waals surface area contributed by atoms with Gasteiger partial charge in [-0.05, 0) is 43.9 Å². The summed E-state index contributed by atoms with van der Waals surface area (Å²) in [6.45, 7) is 6.29. The van der Waals surface area contributed by atoms with E-state index in [0.29, 0.717) is 51.9 Å². The van der Waals surface area contributed by atoms with Crippen molar-refractivity contribution in [3.8, 4) is 17.2 Å². The van der Waals surface area contributed by atoms with E-state index in [-0.39, 0.29) is 5.91 Å². The number of methoxy groups -OCH3 is 2. The van der Waals surface area contributed by atoms with Crippen LogP contribution in [0, 0.1) is 0 Å². The SMILES string of the molecule is CCOc1ccccc1NC(=O)C1=C(C)Nc2nc(SCC)nn2C1c1ccc(OC)cc1OC. The van der Waals surface area contributed by atoms with Crippen molar-refractivity contribution in [3.05, 3.63) is 59.3 Å². The molecule has 1 aliphatic rings. The van der Waals surface area contributed by atoms with Crippen molar-refractivity contribution in [1.29, 1.82) is 0 Å². The van der Waals surface area contributed by atoms with Crippen LogP contribution in [-0.2, 0) is 4.79 Å². The van der Waals surface area contributed by atoms with Gasteiger partial charge in [0.15, 0.2) is 0 Å². The Kier molecular flexibility index (Phi) is 7.50. The van der Waals surface area contributed by atoms with Crippen LogP contribution in [0.5, 0.6) is 17.2 Å². The summed E-state index contributed by atoms with van der Waals surface area (Å²) in [5.74, 6) is 2.94. The number of aromatic nitrogens is 3. The van der Waals surface area contributed by atoms with E-state index in [9.17, 15) is 4.79 Å². The molecular weight excluding hydrogens is 466 g/mol. The molecule has 1 unspecified atom stereocenters. The first-order chi connectivity index (χ1) is 17.0. The fourth-order valence-corrected chi connectivity index (χ4v) is 4.54. The van der Waals surface area contributed by atoms with Gasteiger partial charge in [0.05, 0.1) is 32.1 Å². The number of hydrogen-bond acceptors (Lipinski definition) is 8. The van der Waals surface area contributed by atoms with Gasteiger partial charge in [-0.3, -0.25) is 4.79 Å². The topological polar surface area (TPSA) is 99.5 Å². The van der Waals surface area contributed by atoms with Crippen molar-refractivity contribution in [2.75, 3.05) is 37.2 Å². The highest BCUT2D eigenvalue weighted by Crippen LogP contribution is 2.41. The van der Waals surface area contributed by atoms with E-state index in [1.165, 1.54) is 11.8 Å². The third kappa shape index (κ3) is 4.93. The van der Waals surface area contributed by atoms with Crippen molar-refractivity contribution in [2.24, 2.45) is 0 Å². The zero-order valence-corrected chi connectivity index (χ0v) is 21.2. The lowest BCUT2D eigenvalue weighted by atomic mass is 9.94. The van der Waals surface area contributed by atoms with Gasteiger partial charge in [0.2, 0.25) is 11.1 Å². The van der Waals surface area contributed by atoms with Gasteiger partial charge in [0.25, 0.3) is 5.91 Å². The maximum absolute atomic E-state index is 13.8. The van der Waals surface area contributed by atoms with Crippen LogP contribution in [0.3, 0.4) is 0 Å². The number of allylic oxidation sites excluding steroid dienone is 1. The predicted octanol–water partition coefficient (Wildman–Crippen LogP) is 4.73. The van der Waals surface area contributed by atoms with E-state index in [4.69, 9.17) is 19.3 Å². The largest absolute Gasteiger partial charge is 0.497 e. The van der Waals surface area contributed by atoms with Crippen molar-refractivity contribution in [2.45, 2.75) is 32.0 Å². The Labute approximate surface area is 208 Å². The molecule has 10 heteroatoms. The van der Waals surface area contributed by atoms with Crippen LogP contribution >= 0.6 is 11.8 Å². The summed E-state index contributed by atoms with van der Waals surface area (Å²) in [7, 11) is 3.19. The lowest BCUT2D eigenvalue weighted by Gasteiger charge is -2.29. The Morgan fingerprint density at radius 2 is 1.94 bits per heavy atom. The first-order valence-electron chi connectivity index (χ1n) is 11.3. The number of hydrogen-bond donors (Lipinski definition) is 2. The van der Waals surface area contributed by atoms with Crippen LogP contribution < -0.4 is 24.8 Å². The fraction of sp³-hybridized carbons (Fsp3) is 0.320. The molecule has 184 valence electrons. The van der Waals surface area contributed by atoms with Crippen molar-refractivity contribution in [1.82, 2.24) is 14.8 Å². The number of amides is 1. The van der Waals surface area contributed by atoms with E-state index >= 15 is 0 Å². The average molecular weight is 496 g/mol. The van der Waals surface area contributed by atoms with E-state index in [1.807, 2.05) is 57.2 Å². The minimum absolute atomic E-state index is 0.282. The summed E-state index contributed by atoms with van der Waals surface area (Å²) >= 11 is 1.53. The monoisotopic (exact) mass is 495 g/mol. The van der Waals surface area contributed by atoms with Gasteiger partial charge in [-0.15, -0.1) is 5.10 Å². The van der Waals surface area contributed by atoms with Gasteiger partial charge >= 0.3 is 0 Å². The van der Waals surface area contributed by atoms with Crippen molar-refractivity contribution in [3.63, 3.8) is 0 Å². The van der Waals surface area contributed by atoms with Crippen molar-refractivity contribution >= 4 is 29.3 Å². The molecule has 9 nitrogen and oxygen atoms in total. The number of ether oxygens (including phenoxy) is 3. The number of thioether (sulfide) groups is 1. The third-order valence-corrected chi connectivity index (χ3v) is 6.24. The molecule has 1 amide bonds. The second-order valence-electron chi connectivity index (χ2n) is 7.65. The number of nitrogens with one attached hydrogen (secondary N) is 2. The number of benzene rings is 2. The van der Waals surface area contributed by atoms with E-state index in [0.717, 1.165) is 11.3 Å². The standard InChI is InChI=1S/C25H29N5O4S/c1-6-34-19-11-9-8-10-18(19)27-23(31)21-15(3)26-24-28-25(35-7-2)29-30(24)22(21)17-13-12-16(32-4)14-20(17)33-5/h8-14,22H,6-7H2,1-5H3,(H,27,31)(H,26,28,29). The molecule has 0 radical (unpaired) electrons. The summed E-state index contributed by atoms with van der Waals surface area (Å²) in [6.07, 6.45) is 0. The molecule has 0 bridgehead atoms. The second-order valence-corrected chi connectivity index (χ2v) is 8.88. The van der Waals surface area contributed by atoms with Gasteiger partial charge in [-0.1, -0.05) is 30.8 Å². The average Bonchev–Trinajstić information content (AvgIpc) is 3.26. The van der Waals surface area contributed by atoms with Gasteiger partial charge in [-0.25, -0.2) is 4.68 Å². The zero-order valence-electron chi connectivity index (χ0n) is 20.4. The van der Waals surface area contributed by atoms with Gasteiger partial charge < -0.3 is 24.8 Å². The van der Waals surface area contributed by atoms with E-state index in [1.54, 1.807) is 25.0 Å². The fourth-order valence-electron chi connectivity index (χ4n) is 3.99. The highest BCUT2D eigenvalue weighted by Gasteiger charge is 2.36. The molecule has 0 fully saturated rings. The maximum atomic E-state index is 13.8. The Balaban J connectivity index is 1.82. The number of fused-ring (bicyclic) bond motifs is 1. The molecule has 0 saturated carbocycles. The Bertz CT molecular complexity index is 1260. The van der Waals surface area contributed by atoms with Gasteiger partial charge in [0.1, 0.15) is 23.3 Å². The highest BCUT2D eigenvalue weighted by atomic mass is 32.2. The van der Waals surface area contributed by atoms with Crippen LogP contribution in [-0.4, -0.2) is 47.3 Å². The van der Waals surface area contributed by atoms with Crippen LogP contribution in [0.25, 0.3) is 0 Å². The zero-order chi connectivity index (χ0) is 24.9. The molecule has 1 aliphatic heterocycles. The smallest absolute Gasteiger partial charge is 0.255 e. The minimum atomic E-state index is -0.579. The van der Waals surface area contributed by atoms with E-state index < -0.39 is 6.04 Å². The quantitative estimate of drug-likeness (QED) is 0.411. The van der Waals surface area contributed by atoms with E-state index in [2.05, 4.69) is 15.6 Å². The highest BCUT2D eigenvalue weighted by molar-refractivity contribution is 7.99. The summed E-state index contributed by atoms with van der Waals surface area (Å²) < 4.78 is 18.5. The normalized spacial score (nSPS) is 14.7. The molecule has 0 aliphatic carbocycles. The number of carbonyl (C=O) groups is 1. The lowest BCUT2D eigenvalue weighted by molar-refractivity contribution is -0.113. The first-order valence-corrected chi connectivity index (χ1v) is 12.3. The predicted molar refractivity (Wildman–Crippen MR) is 137 cm³/mol. The molecule has 2 aromatic carbocycles. The van der Waals surface area contributed by atoms with Gasteiger partial charge in [0, 0.05) is 17.3 Å². The lowest BCUT2D eigenvalue weighted by Crippen LogP contribution is -2.31. The molecule has 1 aromatic heterocycles. The van der Waals surface area contributed by atoms with Crippen LogP contribution in [0.15, 0.2) is 58.9 Å². The second kappa shape index (κ2) is 10.7. The molecule has 0 saturated heterocycles. The number of para-hydroxylation sites is 2. The molecule has 0 spiro atoms. The number of carbonyl (C=O) groups excluding carboxylic acids is 1. The first kappa shape index (κ1) is 24.5. The third-order valence-electron chi connectivity index (χ3n) is 5.52. The molecular formula is C25H29N5O4S. The van der Waals surface area contributed by atoms with Crippen LogP contribution in [0.1, 0.15) is 32.4 Å². The Hall–Kier alpha value is -3.66. The Morgan fingerprint density at radius 1 is 1.14 bits per heavy atom. The molecule has 2 heterocycles. The van der Waals surface area contributed by atoms with Crippen molar-refractivity contribution < 1.29 is 19.0 Å². The summed E-state index contributed by atoms with van der Waals surface area (Å²) in [5.41, 5.74) is 2.51.